The van der Waals surface area contributed by atoms with Crippen LogP contribution >= 0.6 is 11.6 Å². The molecular weight excluding hydrogens is 204 g/mol. The minimum Gasteiger partial charge on any atom is -0.122 e. The van der Waals surface area contributed by atoms with Crippen LogP contribution in [0.15, 0.2) is 12.1 Å². The molecule has 0 amide bonds. The molecule has 0 aliphatic carbocycles. The Labute approximate surface area is 98.7 Å². The molecule has 84 valence electrons. The maximum absolute atomic E-state index is 6.33. The highest BCUT2D eigenvalue weighted by atomic mass is 35.5. The lowest BCUT2D eigenvalue weighted by Crippen LogP contribution is -2.13. The number of rotatable bonds is 3. The first-order chi connectivity index (χ1) is 6.91. The fraction of sp³-hybridized carbons (Fsp3) is 0.571. The van der Waals surface area contributed by atoms with Gasteiger partial charge < -0.3 is 0 Å². The van der Waals surface area contributed by atoms with Crippen molar-refractivity contribution in [2.45, 2.75) is 46.4 Å². The van der Waals surface area contributed by atoms with Crippen LogP contribution in [0.5, 0.6) is 0 Å². The number of benzene rings is 1. The number of hydrogen-bond donors (Lipinski definition) is 0. The summed E-state index contributed by atoms with van der Waals surface area (Å²) in [6.45, 7) is 10.9. The van der Waals surface area contributed by atoms with Crippen molar-refractivity contribution in [1.82, 2.24) is 0 Å². The minimum absolute atomic E-state index is 0.241. The first-order valence-electron chi connectivity index (χ1n) is 5.62. The Morgan fingerprint density at radius 1 is 1.07 bits per heavy atom. The van der Waals surface area contributed by atoms with Gasteiger partial charge in [-0.25, -0.2) is 0 Å². The average molecular weight is 225 g/mol. The third-order valence-electron chi connectivity index (χ3n) is 2.96. The third-order valence-corrected chi connectivity index (χ3v) is 3.62. The van der Waals surface area contributed by atoms with Crippen LogP contribution in [0.1, 0.15) is 36.1 Å². The molecule has 0 saturated carbocycles. The summed E-state index contributed by atoms with van der Waals surface area (Å²) in [4.78, 5) is 0. The molecule has 1 atom stereocenters. The van der Waals surface area contributed by atoms with Crippen LogP contribution in [-0.2, 0) is 6.42 Å². The lowest BCUT2D eigenvalue weighted by Gasteiger charge is -2.17. The molecule has 0 fully saturated rings. The van der Waals surface area contributed by atoms with Gasteiger partial charge in [0.15, 0.2) is 0 Å². The largest absolute Gasteiger partial charge is 0.122 e. The number of aryl methyl sites for hydroxylation is 3. The van der Waals surface area contributed by atoms with Gasteiger partial charge in [-0.1, -0.05) is 31.5 Å². The van der Waals surface area contributed by atoms with Crippen molar-refractivity contribution in [3.63, 3.8) is 0 Å². The summed E-state index contributed by atoms with van der Waals surface area (Å²) in [5, 5.41) is 0.241. The van der Waals surface area contributed by atoms with Crippen LogP contribution < -0.4 is 0 Å². The molecule has 0 bridgehead atoms. The zero-order valence-electron chi connectivity index (χ0n) is 10.4. The lowest BCUT2D eigenvalue weighted by molar-refractivity contribution is 0.594. The van der Waals surface area contributed by atoms with Gasteiger partial charge in [0.25, 0.3) is 0 Å². The van der Waals surface area contributed by atoms with Crippen LogP contribution in [0.2, 0.25) is 0 Å². The quantitative estimate of drug-likeness (QED) is 0.667. The van der Waals surface area contributed by atoms with Gasteiger partial charge in [0, 0.05) is 5.38 Å². The van der Waals surface area contributed by atoms with Crippen molar-refractivity contribution in [3.8, 4) is 0 Å². The minimum atomic E-state index is 0.241. The summed E-state index contributed by atoms with van der Waals surface area (Å²) in [5.74, 6) is 0.534. The fourth-order valence-corrected chi connectivity index (χ4v) is 2.12. The zero-order valence-corrected chi connectivity index (χ0v) is 11.2. The van der Waals surface area contributed by atoms with Crippen LogP contribution in [0.3, 0.4) is 0 Å². The van der Waals surface area contributed by atoms with E-state index in [2.05, 4.69) is 46.8 Å². The molecule has 0 aliphatic rings. The number of hydrogen-bond acceptors (Lipinski definition) is 0. The molecule has 0 aliphatic heterocycles. The Balaban J connectivity index is 2.95. The molecule has 1 aromatic carbocycles. The molecule has 1 heteroatoms. The molecular formula is C14H21Cl. The number of alkyl halides is 1. The van der Waals surface area contributed by atoms with E-state index >= 15 is 0 Å². The Morgan fingerprint density at radius 3 is 1.93 bits per heavy atom. The monoisotopic (exact) mass is 224 g/mol. The van der Waals surface area contributed by atoms with E-state index in [1.807, 2.05) is 0 Å². The second kappa shape index (κ2) is 5.03. The van der Waals surface area contributed by atoms with E-state index in [4.69, 9.17) is 11.6 Å². The SMILES string of the molecule is Cc1cc(C)c(CC(Cl)C(C)C)c(C)c1. The predicted molar refractivity (Wildman–Crippen MR) is 68.8 cm³/mol. The van der Waals surface area contributed by atoms with Crippen molar-refractivity contribution in [1.29, 1.82) is 0 Å². The van der Waals surface area contributed by atoms with Crippen molar-refractivity contribution >= 4 is 11.6 Å². The molecule has 1 unspecified atom stereocenters. The molecule has 15 heavy (non-hydrogen) atoms. The van der Waals surface area contributed by atoms with Gasteiger partial charge in [-0.2, -0.15) is 0 Å². The van der Waals surface area contributed by atoms with E-state index in [0.29, 0.717) is 5.92 Å². The smallest absolute Gasteiger partial charge is 0.0399 e. The van der Waals surface area contributed by atoms with Crippen LogP contribution in [0, 0.1) is 26.7 Å². The fourth-order valence-electron chi connectivity index (χ4n) is 1.96. The second-order valence-corrected chi connectivity index (χ2v) is 5.40. The summed E-state index contributed by atoms with van der Waals surface area (Å²) < 4.78 is 0. The molecule has 0 heterocycles. The normalized spacial score (nSPS) is 13.3. The van der Waals surface area contributed by atoms with Gasteiger partial charge >= 0.3 is 0 Å². The van der Waals surface area contributed by atoms with E-state index in [9.17, 15) is 0 Å². The van der Waals surface area contributed by atoms with Crippen molar-refractivity contribution < 1.29 is 0 Å². The highest BCUT2D eigenvalue weighted by molar-refractivity contribution is 6.20. The van der Waals surface area contributed by atoms with E-state index < -0.39 is 0 Å². The maximum Gasteiger partial charge on any atom is 0.0399 e. The standard InChI is InChI=1S/C14H21Cl/c1-9(2)14(15)8-13-11(4)6-10(3)7-12(13)5/h6-7,9,14H,8H2,1-5H3. The van der Waals surface area contributed by atoms with E-state index in [-0.39, 0.29) is 5.38 Å². The molecule has 0 N–H and O–H groups in total. The molecule has 0 saturated heterocycles. The molecule has 1 rings (SSSR count). The van der Waals surface area contributed by atoms with E-state index in [1.165, 1.54) is 22.3 Å². The maximum atomic E-state index is 6.33. The molecule has 0 nitrogen and oxygen atoms in total. The van der Waals surface area contributed by atoms with Crippen LogP contribution in [-0.4, -0.2) is 5.38 Å². The second-order valence-electron chi connectivity index (χ2n) is 4.84. The Kier molecular flexibility index (Phi) is 4.21. The van der Waals surface area contributed by atoms with Crippen molar-refractivity contribution in [2.75, 3.05) is 0 Å². The highest BCUT2D eigenvalue weighted by Gasteiger charge is 2.13. The third kappa shape index (κ3) is 3.24. The zero-order chi connectivity index (χ0) is 11.6. The molecule has 1 aromatic rings. The highest BCUT2D eigenvalue weighted by Crippen LogP contribution is 2.22. The van der Waals surface area contributed by atoms with Crippen molar-refractivity contribution in [2.24, 2.45) is 5.92 Å². The van der Waals surface area contributed by atoms with Gasteiger partial charge in [0.05, 0.1) is 0 Å². The average Bonchev–Trinajstić information content (AvgIpc) is 2.10. The van der Waals surface area contributed by atoms with Gasteiger partial charge in [0.2, 0.25) is 0 Å². The van der Waals surface area contributed by atoms with Gasteiger partial charge in [0.1, 0.15) is 0 Å². The Morgan fingerprint density at radius 2 is 1.53 bits per heavy atom. The summed E-state index contributed by atoms with van der Waals surface area (Å²) in [7, 11) is 0. The first-order valence-corrected chi connectivity index (χ1v) is 6.06. The lowest BCUT2D eigenvalue weighted by atomic mass is 9.93. The van der Waals surface area contributed by atoms with Gasteiger partial charge in [-0.15, -0.1) is 11.6 Å². The summed E-state index contributed by atoms with van der Waals surface area (Å²) >= 11 is 6.33. The van der Waals surface area contributed by atoms with Crippen LogP contribution in [0.25, 0.3) is 0 Å². The summed E-state index contributed by atoms with van der Waals surface area (Å²) in [5.41, 5.74) is 5.51. The summed E-state index contributed by atoms with van der Waals surface area (Å²) in [6.07, 6.45) is 0.983. The van der Waals surface area contributed by atoms with Crippen LogP contribution in [0.4, 0.5) is 0 Å². The molecule has 0 aromatic heterocycles. The van der Waals surface area contributed by atoms with Gasteiger partial charge in [-0.05, 0) is 49.8 Å². The topological polar surface area (TPSA) is 0 Å². The van der Waals surface area contributed by atoms with Crippen molar-refractivity contribution in [3.05, 3.63) is 34.4 Å². The first kappa shape index (κ1) is 12.6. The molecule has 0 spiro atoms. The van der Waals surface area contributed by atoms with E-state index in [1.54, 1.807) is 0 Å². The van der Waals surface area contributed by atoms with E-state index in [0.717, 1.165) is 6.42 Å². The Hall–Kier alpha value is -0.490. The predicted octanol–water partition coefficient (Wildman–Crippen LogP) is 4.42. The Bertz CT molecular complexity index is 316. The molecule has 0 radical (unpaired) electrons. The summed E-state index contributed by atoms with van der Waals surface area (Å²) in [6, 6.07) is 4.48. The van der Waals surface area contributed by atoms with Gasteiger partial charge in [-0.3, -0.25) is 0 Å². The number of halogens is 1.